The van der Waals surface area contributed by atoms with E-state index in [1.54, 1.807) is 13.8 Å². The normalized spacial score (nSPS) is 11.4. The van der Waals surface area contributed by atoms with Crippen molar-refractivity contribution in [3.05, 3.63) is 28.3 Å². The first-order chi connectivity index (χ1) is 8.88. The molecular formula is C15H22N2O2. The second-order valence-electron chi connectivity index (χ2n) is 4.65. The molecule has 0 aliphatic rings. The standard InChI is InChI=1S/C15H22N2O2/c1-7-19-15(18)13(6)16-17-14-8-9(2)10(3)11(4)12(14)5/h8,17H,7H2,1-6H3/b16-13+. The Hall–Kier alpha value is -1.84. The molecule has 104 valence electrons. The summed E-state index contributed by atoms with van der Waals surface area (Å²) in [5.41, 5.74) is 9.06. The molecule has 0 atom stereocenters. The quantitative estimate of drug-likeness (QED) is 0.514. The lowest BCUT2D eigenvalue weighted by Crippen LogP contribution is -2.15. The van der Waals surface area contributed by atoms with E-state index in [1.165, 1.54) is 16.7 Å². The van der Waals surface area contributed by atoms with Crippen LogP contribution in [0.1, 0.15) is 36.1 Å². The van der Waals surface area contributed by atoms with E-state index in [4.69, 9.17) is 4.74 Å². The Kier molecular flexibility index (Phi) is 5.10. The van der Waals surface area contributed by atoms with Gasteiger partial charge in [0.2, 0.25) is 0 Å². The predicted molar refractivity (Wildman–Crippen MR) is 78.8 cm³/mol. The number of rotatable bonds is 4. The highest BCUT2D eigenvalue weighted by Gasteiger charge is 2.09. The van der Waals surface area contributed by atoms with Gasteiger partial charge in [-0.3, -0.25) is 5.43 Å². The van der Waals surface area contributed by atoms with Gasteiger partial charge in [-0.2, -0.15) is 5.10 Å². The Bertz CT molecular complexity index is 519. The number of nitrogens with zero attached hydrogens (tertiary/aromatic N) is 1. The molecule has 0 saturated carbocycles. The maximum atomic E-state index is 11.4. The zero-order valence-electron chi connectivity index (χ0n) is 12.5. The number of anilines is 1. The lowest BCUT2D eigenvalue weighted by Gasteiger charge is -2.13. The van der Waals surface area contributed by atoms with Gasteiger partial charge in [0.1, 0.15) is 5.71 Å². The molecule has 4 nitrogen and oxygen atoms in total. The van der Waals surface area contributed by atoms with Crippen molar-refractivity contribution in [2.45, 2.75) is 41.5 Å². The van der Waals surface area contributed by atoms with Gasteiger partial charge in [-0.25, -0.2) is 4.79 Å². The molecule has 0 aromatic heterocycles. The molecule has 0 bridgehead atoms. The van der Waals surface area contributed by atoms with E-state index in [-0.39, 0.29) is 0 Å². The number of hydrogen-bond acceptors (Lipinski definition) is 4. The minimum Gasteiger partial charge on any atom is -0.461 e. The molecule has 4 heteroatoms. The Morgan fingerprint density at radius 3 is 2.42 bits per heavy atom. The molecule has 19 heavy (non-hydrogen) atoms. The van der Waals surface area contributed by atoms with Gasteiger partial charge >= 0.3 is 5.97 Å². The fraction of sp³-hybridized carbons (Fsp3) is 0.467. The molecule has 1 rings (SSSR count). The molecule has 1 N–H and O–H groups in total. The van der Waals surface area contributed by atoms with Crippen LogP contribution in [-0.4, -0.2) is 18.3 Å². The average molecular weight is 262 g/mol. The minimum absolute atomic E-state index is 0.317. The topological polar surface area (TPSA) is 50.7 Å². The van der Waals surface area contributed by atoms with Crippen LogP contribution in [0, 0.1) is 27.7 Å². The number of carbonyl (C=O) groups is 1. The van der Waals surface area contributed by atoms with Crippen LogP contribution >= 0.6 is 0 Å². The van der Waals surface area contributed by atoms with Gasteiger partial charge in [-0.15, -0.1) is 0 Å². The zero-order chi connectivity index (χ0) is 14.6. The number of ether oxygens (including phenoxy) is 1. The summed E-state index contributed by atoms with van der Waals surface area (Å²) in [5, 5.41) is 4.08. The smallest absolute Gasteiger partial charge is 0.354 e. The average Bonchev–Trinajstić information content (AvgIpc) is 2.38. The first-order valence-corrected chi connectivity index (χ1v) is 6.43. The first-order valence-electron chi connectivity index (χ1n) is 6.43. The first kappa shape index (κ1) is 15.2. The monoisotopic (exact) mass is 262 g/mol. The molecule has 0 aliphatic carbocycles. The second-order valence-corrected chi connectivity index (χ2v) is 4.65. The van der Waals surface area contributed by atoms with Crippen molar-refractivity contribution in [2.24, 2.45) is 5.10 Å². The fourth-order valence-corrected chi connectivity index (χ4v) is 1.75. The third-order valence-corrected chi connectivity index (χ3v) is 3.40. The van der Waals surface area contributed by atoms with Crippen molar-refractivity contribution < 1.29 is 9.53 Å². The predicted octanol–water partition coefficient (Wildman–Crippen LogP) is 3.27. The highest BCUT2D eigenvalue weighted by molar-refractivity contribution is 6.35. The van der Waals surface area contributed by atoms with Crippen LogP contribution in [-0.2, 0) is 9.53 Å². The highest BCUT2D eigenvalue weighted by atomic mass is 16.5. The number of esters is 1. The molecule has 0 unspecified atom stereocenters. The third kappa shape index (κ3) is 3.56. The Balaban J connectivity index is 2.95. The lowest BCUT2D eigenvalue weighted by molar-refractivity contribution is -0.135. The maximum Gasteiger partial charge on any atom is 0.354 e. The van der Waals surface area contributed by atoms with E-state index in [9.17, 15) is 4.79 Å². The largest absolute Gasteiger partial charge is 0.461 e. The van der Waals surface area contributed by atoms with E-state index in [1.807, 2.05) is 13.0 Å². The summed E-state index contributed by atoms with van der Waals surface area (Å²) >= 11 is 0. The van der Waals surface area contributed by atoms with Crippen molar-refractivity contribution in [2.75, 3.05) is 12.0 Å². The van der Waals surface area contributed by atoms with Crippen LogP contribution in [0.15, 0.2) is 11.2 Å². The Morgan fingerprint density at radius 2 is 1.84 bits per heavy atom. The summed E-state index contributed by atoms with van der Waals surface area (Å²) in [6.45, 7) is 12.1. The Labute approximate surface area is 114 Å². The van der Waals surface area contributed by atoms with E-state index in [0.717, 1.165) is 11.3 Å². The van der Waals surface area contributed by atoms with Gasteiger partial charge in [0.05, 0.1) is 12.3 Å². The second kappa shape index (κ2) is 6.36. The molecular weight excluding hydrogens is 240 g/mol. The van der Waals surface area contributed by atoms with Crippen molar-refractivity contribution in [1.29, 1.82) is 0 Å². The van der Waals surface area contributed by atoms with Gasteiger partial charge in [0.25, 0.3) is 0 Å². The van der Waals surface area contributed by atoms with Crippen LogP contribution in [0.25, 0.3) is 0 Å². The van der Waals surface area contributed by atoms with Crippen LogP contribution in [0.5, 0.6) is 0 Å². The van der Waals surface area contributed by atoms with Crippen LogP contribution in [0.4, 0.5) is 5.69 Å². The van der Waals surface area contributed by atoms with Crippen molar-refractivity contribution in [1.82, 2.24) is 0 Å². The lowest BCUT2D eigenvalue weighted by atomic mass is 9.98. The van der Waals surface area contributed by atoms with E-state index >= 15 is 0 Å². The number of carbonyl (C=O) groups excluding carboxylic acids is 1. The van der Waals surface area contributed by atoms with E-state index < -0.39 is 5.97 Å². The van der Waals surface area contributed by atoms with Gasteiger partial charge < -0.3 is 4.74 Å². The molecule has 1 aromatic carbocycles. The van der Waals surface area contributed by atoms with Crippen molar-refractivity contribution >= 4 is 17.4 Å². The molecule has 0 spiro atoms. The highest BCUT2D eigenvalue weighted by Crippen LogP contribution is 2.25. The van der Waals surface area contributed by atoms with Crippen LogP contribution in [0.2, 0.25) is 0 Å². The number of hydrogen-bond donors (Lipinski definition) is 1. The summed E-state index contributed by atoms with van der Waals surface area (Å²) in [5.74, 6) is -0.395. The molecule has 0 radical (unpaired) electrons. The summed E-state index contributed by atoms with van der Waals surface area (Å²) in [6.07, 6.45) is 0. The van der Waals surface area contributed by atoms with Crippen molar-refractivity contribution in [3.8, 4) is 0 Å². The zero-order valence-corrected chi connectivity index (χ0v) is 12.5. The van der Waals surface area contributed by atoms with Gasteiger partial charge in [0, 0.05) is 0 Å². The number of hydrazone groups is 1. The molecule has 1 aromatic rings. The summed E-state index contributed by atoms with van der Waals surface area (Å²) < 4.78 is 4.88. The number of benzene rings is 1. The fourth-order valence-electron chi connectivity index (χ4n) is 1.75. The van der Waals surface area contributed by atoms with Crippen LogP contribution in [0.3, 0.4) is 0 Å². The summed E-state index contributed by atoms with van der Waals surface area (Å²) in [6, 6.07) is 2.04. The number of nitrogens with one attached hydrogen (secondary N) is 1. The van der Waals surface area contributed by atoms with Gasteiger partial charge in [-0.1, -0.05) is 0 Å². The van der Waals surface area contributed by atoms with Gasteiger partial charge in [0.15, 0.2) is 0 Å². The maximum absolute atomic E-state index is 11.4. The summed E-state index contributed by atoms with van der Waals surface area (Å²) in [7, 11) is 0. The molecule has 0 amide bonds. The van der Waals surface area contributed by atoms with Gasteiger partial charge in [-0.05, 0) is 69.9 Å². The number of aryl methyl sites for hydroxylation is 1. The SMILES string of the molecule is CCOC(=O)/C(C)=N/Nc1cc(C)c(C)c(C)c1C. The Morgan fingerprint density at radius 1 is 1.21 bits per heavy atom. The molecule has 0 aliphatic heterocycles. The molecule has 0 heterocycles. The van der Waals surface area contributed by atoms with E-state index in [0.29, 0.717) is 12.3 Å². The minimum atomic E-state index is -0.395. The van der Waals surface area contributed by atoms with E-state index in [2.05, 4.69) is 31.3 Å². The summed E-state index contributed by atoms with van der Waals surface area (Å²) in [4.78, 5) is 11.4. The molecule has 0 saturated heterocycles. The molecule has 0 fully saturated rings. The third-order valence-electron chi connectivity index (χ3n) is 3.40. The van der Waals surface area contributed by atoms with Crippen molar-refractivity contribution in [3.63, 3.8) is 0 Å². The van der Waals surface area contributed by atoms with Crippen LogP contribution < -0.4 is 5.43 Å².